The molecule has 0 atom stereocenters. The molecule has 0 aromatic carbocycles. The zero-order valence-electron chi connectivity index (χ0n) is 6.66. The molecule has 0 rings (SSSR count). The van der Waals surface area contributed by atoms with E-state index in [1.54, 1.807) is 0 Å². The van der Waals surface area contributed by atoms with Crippen LogP contribution in [0.5, 0.6) is 0 Å². The zero-order valence-corrected chi connectivity index (χ0v) is 14.7. The molecule has 10 heavy (non-hydrogen) atoms. The third-order valence-electron chi connectivity index (χ3n) is 0.0786. The molecular weight excluding hydrogens is 183 g/mol. The molecule has 10 heteroatoms. The van der Waals surface area contributed by atoms with Crippen LogP contribution in [0.25, 0.3) is 0 Å². The first kappa shape index (κ1) is 37.1. The van der Waals surface area contributed by atoms with Crippen molar-refractivity contribution < 1.29 is 144 Å². The van der Waals surface area contributed by atoms with Crippen molar-refractivity contribution in [1.82, 2.24) is 0 Å². The molecule has 0 spiro atoms. The molecular formula is HBNa4O5. The van der Waals surface area contributed by atoms with Crippen molar-refractivity contribution in [2.24, 2.45) is 0 Å². The molecule has 0 saturated heterocycles. The fourth-order valence-corrected chi connectivity index (χ4v) is 0. The second-order valence-electron chi connectivity index (χ2n) is 0.385. The molecule has 0 unspecified atom stereocenters. The van der Waals surface area contributed by atoms with Gasteiger partial charge >= 0.3 is 118 Å². The van der Waals surface area contributed by atoms with Crippen molar-refractivity contribution in [2.75, 3.05) is 0 Å². The summed E-state index contributed by atoms with van der Waals surface area (Å²) in [6.07, 6.45) is 0. The molecule has 0 aromatic rings. The van der Waals surface area contributed by atoms with Crippen LogP contribution in [0.3, 0.4) is 0 Å². The van der Waals surface area contributed by atoms with Crippen molar-refractivity contribution in [2.45, 2.75) is 0 Å². The monoisotopic (exact) mass is 184 g/mol. The van der Waals surface area contributed by atoms with E-state index in [0.717, 1.165) is 0 Å². The van der Waals surface area contributed by atoms with Crippen LogP contribution in [0, 0.1) is 0 Å². The third kappa shape index (κ3) is 40.7. The zero-order chi connectivity index (χ0) is 4.28. The minimum atomic E-state index is -2.67. The van der Waals surface area contributed by atoms with E-state index in [-0.39, 0.29) is 124 Å². The van der Waals surface area contributed by atoms with Gasteiger partial charge in [0.2, 0.25) is 0 Å². The molecule has 0 aliphatic rings. The van der Waals surface area contributed by atoms with Gasteiger partial charge in [-0.1, -0.05) is 0 Å². The summed E-state index contributed by atoms with van der Waals surface area (Å²) in [5, 5.41) is 26.1. The van der Waals surface area contributed by atoms with Gasteiger partial charge in [-0.15, -0.1) is 0 Å². The quantitative estimate of drug-likeness (QED) is 0.228. The molecule has 0 aromatic heterocycles. The van der Waals surface area contributed by atoms with Crippen LogP contribution in [0.15, 0.2) is 0 Å². The number of hydrogen-bond acceptors (Lipinski definition) is 5. The Bertz CT molecular complexity index is 27.6. The fraction of sp³-hybridized carbons (Fsp3) is 0. The van der Waals surface area contributed by atoms with E-state index in [9.17, 15) is 0 Å². The van der Waals surface area contributed by atoms with E-state index < -0.39 is 7.32 Å². The Balaban J connectivity index is -0.00000000800. The van der Waals surface area contributed by atoms with Gasteiger partial charge in [-0.05, 0) is 0 Å². The van der Waals surface area contributed by atoms with Crippen LogP contribution in [-0.2, 0) is 4.81 Å². The van der Waals surface area contributed by atoms with Gasteiger partial charge in [-0.2, -0.15) is 0 Å². The molecule has 0 radical (unpaired) electrons. The van der Waals surface area contributed by atoms with Gasteiger partial charge in [0.05, 0.1) is 0 Å². The Kier molecular flexibility index (Phi) is 109. The molecule has 0 aliphatic heterocycles. The van der Waals surface area contributed by atoms with Gasteiger partial charge in [0.25, 0.3) is 0 Å². The Labute approximate surface area is 148 Å². The van der Waals surface area contributed by atoms with E-state index >= 15 is 0 Å². The van der Waals surface area contributed by atoms with Crippen molar-refractivity contribution in [1.29, 1.82) is 0 Å². The summed E-state index contributed by atoms with van der Waals surface area (Å²) in [5.74, 6) is 0. The molecule has 5 nitrogen and oxygen atoms in total. The van der Waals surface area contributed by atoms with Gasteiger partial charge in [0.15, 0.2) is 0 Å². The van der Waals surface area contributed by atoms with Crippen LogP contribution in [0.4, 0.5) is 0 Å². The summed E-state index contributed by atoms with van der Waals surface area (Å²) in [4.78, 5) is 2.39. The van der Waals surface area contributed by atoms with E-state index in [4.69, 9.17) is 15.3 Å². The predicted octanol–water partition coefficient (Wildman–Crippen LogP) is -16.2. The van der Waals surface area contributed by atoms with Crippen LogP contribution >= 0.6 is 0 Å². The van der Waals surface area contributed by atoms with Crippen molar-refractivity contribution >= 4 is 7.32 Å². The number of rotatable bonds is 1. The average molecular weight is 184 g/mol. The maximum Gasteiger partial charge on any atom is 1.00 e. The van der Waals surface area contributed by atoms with Crippen LogP contribution < -0.4 is 134 Å². The Hall–Kier alpha value is 3.86. The molecule has 0 heterocycles. The van der Waals surface area contributed by atoms with Gasteiger partial charge in [-0.3, -0.25) is 0 Å². The average Bonchev–Trinajstić information content (AvgIpc) is 1.38. The molecule has 0 fully saturated rings. The summed E-state index contributed by atoms with van der Waals surface area (Å²) < 4.78 is 0. The predicted molar refractivity (Wildman–Crippen MR) is 8.77 cm³/mol. The molecule has 1 N–H and O–H groups in total. The maximum atomic E-state index is 8.81. The molecule has 0 saturated carbocycles. The van der Waals surface area contributed by atoms with Crippen molar-refractivity contribution in [3.05, 3.63) is 0 Å². The summed E-state index contributed by atoms with van der Waals surface area (Å²) in [6, 6.07) is 0. The molecule has 0 aliphatic carbocycles. The van der Waals surface area contributed by atoms with E-state index in [1.807, 2.05) is 0 Å². The molecule has 0 amide bonds. The second-order valence-corrected chi connectivity index (χ2v) is 0.385. The van der Waals surface area contributed by atoms with Crippen LogP contribution in [0.1, 0.15) is 0 Å². The standard InChI is InChI=1S/BHO4.4Na.H2O/c2-1(3)5-4;;;;;/h4H;;;;;1H2/q-2;4*+1;/p-2. The van der Waals surface area contributed by atoms with Crippen LogP contribution in [-0.4, -0.2) is 12.8 Å². The second kappa shape index (κ2) is 29.3. The van der Waals surface area contributed by atoms with Gasteiger partial charge in [-0.25, -0.2) is 0 Å². The topological polar surface area (TPSA) is 108 Å². The van der Waals surface area contributed by atoms with Gasteiger partial charge in [0, 0.05) is 7.32 Å². The van der Waals surface area contributed by atoms with Crippen molar-refractivity contribution in [3.63, 3.8) is 0 Å². The Morgan fingerprint density at radius 2 is 1.00 bits per heavy atom. The first-order valence-electron chi connectivity index (χ1n) is 0.874. The summed E-state index contributed by atoms with van der Waals surface area (Å²) in [6.45, 7) is 0. The summed E-state index contributed by atoms with van der Waals surface area (Å²) >= 11 is 0. The minimum absolute atomic E-state index is 0. The molecule has 0 bridgehead atoms. The van der Waals surface area contributed by atoms with E-state index in [2.05, 4.69) is 4.81 Å². The Morgan fingerprint density at radius 3 is 1.00 bits per heavy atom. The summed E-state index contributed by atoms with van der Waals surface area (Å²) in [7, 11) is -2.67. The largest absolute Gasteiger partial charge is 1.00 e. The normalized spacial score (nSPS) is 3.90. The smallest absolute Gasteiger partial charge is 0.871 e. The number of hydrogen-bond donors (Lipinski definition) is 0. The minimum Gasteiger partial charge on any atom is -0.871 e. The summed E-state index contributed by atoms with van der Waals surface area (Å²) in [5.41, 5.74) is 0. The fourth-order valence-electron chi connectivity index (χ4n) is 0. The maximum absolute atomic E-state index is 8.81. The van der Waals surface area contributed by atoms with Crippen LogP contribution in [0.2, 0.25) is 0 Å². The SMILES string of the molecule is [Na+].[Na+].[Na+].[Na+].[O-]OB([O-])[O-].[OH-]. The third-order valence-corrected chi connectivity index (χ3v) is 0.0786. The van der Waals surface area contributed by atoms with E-state index in [0.29, 0.717) is 0 Å². The first-order valence-corrected chi connectivity index (χ1v) is 0.874. The van der Waals surface area contributed by atoms with Gasteiger partial charge < -0.3 is 25.6 Å². The first-order chi connectivity index (χ1) is 2.27. The van der Waals surface area contributed by atoms with Crippen molar-refractivity contribution in [3.8, 4) is 0 Å². The molecule has 38 valence electrons. The van der Waals surface area contributed by atoms with Gasteiger partial charge in [0.1, 0.15) is 0 Å². The Morgan fingerprint density at radius 1 is 0.900 bits per heavy atom. The van der Waals surface area contributed by atoms with E-state index in [1.165, 1.54) is 0 Å².